The Labute approximate surface area is 60.5 Å². The van der Waals surface area contributed by atoms with Gasteiger partial charge in [0.25, 0.3) is 0 Å². The lowest BCUT2D eigenvalue weighted by Gasteiger charge is -1.94. The summed E-state index contributed by atoms with van der Waals surface area (Å²) in [6.07, 6.45) is 1.57. The van der Waals surface area contributed by atoms with Crippen molar-refractivity contribution in [2.75, 3.05) is 0 Å². The first-order valence-corrected chi connectivity index (χ1v) is 3.42. The van der Waals surface area contributed by atoms with Gasteiger partial charge in [0.1, 0.15) is 11.4 Å². The molecule has 0 unspecified atom stereocenters. The Morgan fingerprint density at radius 2 is 2.20 bits per heavy atom. The van der Waals surface area contributed by atoms with Crippen LogP contribution in [0.25, 0.3) is 0 Å². The van der Waals surface area contributed by atoms with Crippen LogP contribution < -0.4 is 4.73 Å². The molecule has 1 aromatic heterocycles. The van der Waals surface area contributed by atoms with E-state index in [1.165, 1.54) is 0 Å². The topological polar surface area (TPSA) is 31.9 Å². The second kappa shape index (κ2) is 2.33. The van der Waals surface area contributed by atoms with Crippen LogP contribution in [-0.2, 0) is 6.54 Å². The van der Waals surface area contributed by atoms with Gasteiger partial charge in [-0.2, -0.15) is 0 Å². The summed E-state index contributed by atoms with van der Waals surface area (Å²) in [5.74, 6) is 0. The summed E-state index contributed by atoms with van der Waals surface area (Å²) < 4.78 is 2.83. The van der Waals surface area contributed by atoms with Gasteiger partial charge in [-0.05, 0) is 6.92 Å². The molecule has 0 atom stereocenters. The molecule has 0 aliphatic rings. The second-order valence-corrected chi connectivity index (χ2v) is 2.40. The molecule has 3 nitrogen and oxygen atoms in total. The Morgan fingerprint density at radius 3 is 2.40 bits per heavy atom. The molecule has 0 N–H and O–H groups in total. The molecule has 0 amide bonds. The van der Waals surface area contributed by atoms with E-state index in [0.29, 0.717) is 0 Å². The summed E-state index contributed by atoms with van der Waals surface area (Å²) in [5.41, 5.74) is 1.85. The highest BCUT2D eigenvalue weighted by atomic mass is 16.5. The van der Waals surface area contributed by atoms with Crippen molar-refractivity contribution in [3.8, 4) is 0 Å². The second-order valence-electron chi connectivity index (χ2n) is 2.40. The summed E-state index contributed by atoms with van der Waals surface area (Å²) in [7, 11) is 0. The molecule has 1 aromatic rings. The van der Waals surface area contributed by atoms with Crippen molar-refractivity contribution in [3.05, 3.63) is 22.9 Å². The number of aryl methyl sites for hydroxylation is 1. The molecular formula is C7H12N2O. The molecule has 0 radical (unpaired) electrons. The van der Waals surface area contributed by atoms with Crippen LogP contribution in [0.5, 0.6) is 0 Å². The number of hydrogen-bond donors (Lipinski definition) is 0. The number of rotatable bonds is 1. The molecule has 0 aromatic carbocycles. The van der Waals surface area contributed by atoms with E-state index in [1.807, 2.05) is 25.3 Å². The molecule has 0 spiro atoms. The summed E-state index contributed by atoms with van der Waals surface area (Å²) in [6, 6.07) is 0. The Kier molecular flexibility index (Phi) is 1.66. The van der Waals surface area contributed by atoms with Crippen molar-refractivity contribution >= 4 is 0 Å². The Bertz CT molecular complexity index is 240. The van der Waals surface area contributed by atoms with Gasteiger partial charge in [0, 0.05) is 13.8 Å². The van der Waals surface area contributed by atoms with E-state index in [1.54, 1.807) is 6.33 Å². The predicted molar refractivity (Wildman–Crippen MR) is 38.5 cm³/mol. The smallest absolute Gasteiger partial charge is 0.247 e. The van der Waals surface area contributed by atoms with Crippen LogP contribution in [0.4, 0.5) is 0 Å². The standard InChI is InChI=1S/C7H12N2O/c1-4-8-5-9(10)7(3)6(8)2/h5H,4H2,1-3H3. The van der Waals surface area contributed by atoms with Crippen LogP contribution in [0.1, 0.15) is 18.3 Å². The van der Waals surface area contributed by atoms with E-state index in [4.69, 9.17) is 0 Å². The fourth-order valence-electron chi connectivity index (χ4n) is 0.986. The van der Waals surface area contributed by atoms with Crippen LogP contribution in [0.2, 0.25) is 0 Å². The van der Waals surface area contributed by atoms with Crippen LogP contribution in [-0.4, -0.2) is 4.57 Å². The SMILES string of the molecule is CCn1c[n+]([O-])c(C)c1C. The highest BCUT2D eigenvalue weighted by molar-refractivity contribution is 5.02. The zero-order chi connectivity index (χ0) is 7.72. The molecule has 1 heterocycles. The largest absolute Gasteiger partial charge is 0.711 e. The van der Waals surface area contributed by atoms with Crippen LogP contribution >= 0.6 is 0 Å². The quantitative estimate of drug-likeness (QED) is 0.418. The lowest BCUT2D eigenvalue weighted by atomic mass is 10.4. The molecule has 0 saturated carbocycles. The van der Waals surface area contributed by atoms with Gasteiger partial charge in [-0.15, -0.1) is 0 Å². The highest BCUT2D eigenvalue weighted by Gasteiger charge is 2.08. The number of nitrogens with zero attached hydrogens (tertiary/aromatic N) is 2. The molecule has 3 heteroatoms. The van der Waals surface area contributed by atoms with Gasteiger partial charge in [-0.1, -0.05) is 0 Å². The third-order valence-electron chi connectivity index (χ3n) is 1.87. The first-order valence-electron chi connectivity index (χ1n) is 3.42. The van der Waals surface area contributed by atoms with Gasteiger partial charge in [0.05, 0.1) is 6.54 Å². The number of hydrogen-bond acceptors (Lipinski definition) is 1. The summed E-state index contributed by atoms with van der Waals surface area (Å²) in [5, 5.41) is 10.9. The van der Waals surface area contributed by atoms with Gasteiger partial charge in [0.2, 0.25) is 6.33 Å². The molecular weight excluding hydrogens is 128 g/mol. The van der Waals surface area contributed by atoms with Gasteiger partial charge < -0.3 is 5.21 Å². The minimum atomic E-state index is 0.793. The Morgan fingerprint density at radius 1 is 1.60 bits per heavy atom. The van der Waals surface area contributed by atoms with Crippen LogP contribution in [0.15, 0.2) is 6.33 Å². The van der Waals surface area contributed by atoms with E-state index in [-0.39, 0.29) is 0 Å². The predicted octanol–water partition coefficient (Wildman–Crippen LogP) is 0.758. The normalized spacial score (nSPS) is 10.3. The van der Waals surface area contributed by atoms with Crippen molar-refractivity contribution in [2.24, 2.45) is 0 Å². The number of imidazole rings is 1. The third kappa shape index (κ3) is 0.875. The van der Waals surface area contributed by atoms with Crippen molar-refractivity contribution < 1.29 is 4.73 Å². The fourth-order valence-corrected chi connectivity index (χ4v) is 0.986. The average Bonchev–Trinajstić information content (AvgIpc) is 2.17. The maximum atomic E-state index is 10.9. The monoisotopic (exact) mass is 140 g/mol. The highest BCUT2D eigenvalue weighted by Crippen LogP contribution is 2.00. The Balaban J connectivity index is 3.17. The number of aromatic nitrogens is 2. The van der Waals surface area contributed by atoms with E-state index >= 15 is 0 Å². The van der Waals surface area contributed by atoms with E-state index in [0.717, 1.165) is 22.7 Å². The molecule has 56 valence electrons. The van der Waals surface area contributed by atoms with Crippen molar-refractivity contribution in [1.82, 2.24) is 4.57 Å². The van der Waals surface area contributed by atoms with Crippen molar-refractivity contribution in [3.63, 3.8) is 0 Å². The molecule has 0 aliphatic heterocycles. The molecule has 1 rings (SSSR count). The summed E-state index contributed by atoms with van der Waals surface area (Å²) in [6.45, 7) is 6.66. The van der Waals surface area contributed by atoms with Gasteiger partial charge in [-0.25, -0.2) is 9.30 Å². The van der Waals surface area contributed by atoms with E-state index < -0.39 is 0 Å². The molecule has 0 fully saturated rings. The van der Waals surface area contributed by atoms with Crippen molar-refractivity contribution in [2.45, 2.75) is 27.3 Å². The minimum Gasteiger partial charge on any atom is -0.711 e. The third-order valence-corrected chi connectivity index (χ3v) is 1.87. The summed E-state index contributed by atoms with van der Waals surface area (Å²) >= 11 is 0. The van der Waals surface area contributed by atoms with Crippen molar-refractivity contribution in [1.29, 1.82) is 0 Å². The molecule has 0 saturated heterocycles. The molecule has 0 aliphatic carbocycles. The lowest BCUT2D eigenvalue weighted by Crippen LogP contribution is -2.26. The van der Waals surface area contributed by atoms with Gasteiger partial charge >= 0.3 is 0 Å². The molecule has 0 bridgehead atoms. The van der Waals surface area contributed by atoms with E-state index in [9.17, 15) is 5.21 Å². The first kappa shape index (κ1) is 7.12. The minimum absolute atomic E-state index is 0.793. The first-order chi connectivity index (χ1) is 4.66. The van der Waals surface area contributed by atoms with E-state index in [2.05, 4.69) is 0 Å². The zero-order valence-electron chi connectivity index (χ0n) is 6.59. The van der Waals surface area contributed by atoms with Gasteiger partial charge in [0.15, 0.2) is 0 Å². The average molecular weight is 140 g/mol. The maximum absolute atomic E-state index is 10.9. The molecule has 10 heavy (non-hydrogen) atoms. The maximum Gasteiger partial charge on any atom is 0.247 e. The van der Waals surface area contributed by atoms with Gasteiger partial charge in [-0.3, -0.25) is 0 Å². The van der Waals surface area contributed by atoms with Crippen LogP contribution in [0, 0.1) is 19.1 Å². The lowest BCUT2D eigenvalue weighted by molar-refractivity contribution is -0.611. The summed E-state index contributed by atoms with van der Waals surface area (Å²) in [4.78, 5) is 0. The fraction of sp³-hybridized carbons (Fsp3) is 0.571. The zero-order valence-corrected chi connectivity index (χ0v) is 6.59. The Hall–Kier alpha value is -0.990. The van der Waals surface area contributed by atoms with Crippen LogP contribution in [0.3, 0.4) is 0 Å².